The van der Waals surface area contributed by atoms with Crippen molar-refractivity contribution >= 4 is 23.3 Å². The Kier molecular flexibility index (Phi) is 6.08. The van der Waals surface area contributed by atoms with Crippen LogP contribution < -0.4 is 15.0 Å². The maximum Gasteiger partial charge on any atom is 0.274 e. The fourth-order valence-electron chi connectivity index (χ4n) is 3.08. The molecule has 1 aromatic heterocycles. The van der Waals surface area contributed by atoms with E-state index >= 15 is 0 Å². The standard InChI is InChI=1S/C20H25N5O3/c1-4-28-17-7-5-16(6-8-17)23-20(27)18-13-19(22-14(2)21-18)25-11-9-24(10-12-25)15(3)26/h5-8,13H,4,9-12H2,1-3H3,(H,23,27). The van der Waals surface area contributed by atoms with Crippen molar-refractivity contribution < 1.29 is 14.3 Å². The van der Waals surface area contributed by atoms with E-state index in [9.17, 15) is 9.59 Å². The second-order valence-electron chi connectivity index (χ2n) is 6.56. The van der Waals surface area contributed by atoms with Crippen LogP contribution in [0.5, 0.6) is 5.75 Å². The first-order valence-electron chi connectivity index (χ1n) is 9.36. The second-order valence-corrected chi connectivity index (χ2v) is 6.56. The molecule has 1 fully saturated rings. The molecule has 148 valence electrons. The summed E-state index contributed by atoms with van der Waals surface area (Å²) in [6, 6.07) is 8.90. The Hall–Kier alpha value is -3.16. The van der Waals surface area contributed by atoms with Crippen LogP contribution in [0.3, 0.4) is 0 Å². The summed E-state index contributed by atoms with van der Waals surface area (Å²) >= 11 is 0. The Morgan fingerprint density at radius 3 is 2.39 bits per heavy atom. The van der Waals surface area contributed by atoms with E-state index in [2.05, 4.69) is 20.2 Å². The maximum absolute atomic E-state index is 12.6. The number of nitrogens with one attached hydrogen (secondary N) is 1. The highest BCUT2D eigenvalue weighted by Crippen LogP contribution is 2.18. The first-order chi connectivity index (χ1) is 13.5. The lowest BCUT2D eigenvalue weighted by Crippen LogP contribution is -2.48. The summed E-state index contributed by atoms with van der Waals surface area (Å²) in [6.45, 7) is 8.50. The molecule has 2 aromatic rings. The Bertz CT molecular complexity index is 845. The van der Waals surface area contributed by atoms with E-state index in [-0.39, 0.29) is 11.8 Å². The number of hydrogen-bond acceptors (Lipinski definition) is 6. The quantitative estimate of drug-likeness (QED) is 0.851. The molecule has 0 bridgehead atoms. The highest BCUT2D eigenvalue weighted by atomic mass is 16.5. The molecule has 3 rings (SSSR count). The number of aryl methyl sites for hydroxylation is 1. The number of nitrogens with zero attached hydrogens (tertiary/aromatic N) is 4. The molecule has 1 saturated heterocycles. The average molecular weight is 383 g/mol. The van der Waals surface area contributed by atoms with Crippen LogP contribution in [0.2, 0.25) is 0 Å². The first-order valence-corrected chi connectivity index (χ1v) is 9.36. The third-order valence-corrected chi connectivity index (χ3v) is 4.53. The van der Waals surface area contributed by atoms with E-state index in [4.69, 9.17) is 4.74 Å². The zero-order valence-corrected chi connectivity index (χ0v) is 16.4. The van der Waals surface area contributed by atoms with Crippen molar-refractivity contribution in [1.82, 2.24) is 14.9 Å². The normalized spacial score (nSPS) is 14.0. The van der Waals surface area contributed by atoms with E-state index in [1.54, 1.807) is 32.0 Å². The molecular formula is C20H25N5O3. The van der Waals surface area contributed by atoms with Crippen LogP contribution in [0.25, 0.3) is 0 Å². The number of piperazine rings is 1. The highest BCUT2D eigenvalue weighted by molar-refractivity contribution is 6.03. The Morgan fingerprint density at radius 1 is 1.11 bits per heavy atom. The lowest BCUT2D eigenvalue weighted by Gasteiger charge is -2.35. The van der Waals surface area contributed by atoms with Gasteiger partial charge in [-0.25, -0.2) is 9.97 Å². The van der Waals surface area contributed by atoms with Gasteiger partial charge in [0.25, 0.3) is 5.91 Å². The summed E-state index contributed by atoms with van der Waals surface area (Å²) in [5.74, 6) is 1.77. The van der Waals surface area contributed by atoms with Gasteiger partial charge in [-0.3, -0.25) is 9.59 Å². The monoisotopic (exact) mass is 383 g/mol. The van der Waals surface area contributed by atoms with Gasteiger partial charge in [0.1, 0.15) is 23.1 Å². The van der Waals surface area contributed by atoms with Gasteiger partial charge in [0, 0.05) is 44.9 Å². The van der Waals surface area contributed by atoms with Crippen LogP contribution in [0.15, 0.2) is 30.3 Å². The molecule has 8 nitrogen and oxygen atoms in total. The van der Waals surface area contributed by atoms with Gasteiger partial charge in [-0.05, 0) is 38.1 Å². The maximum atomic E-state index is 12.6. The summed E-state index contributed by atoms with van der Waals surface area (Å²) in [5, 5.41) is 2.85. The number of ether oxygens (including phenoxy) is 1. The summed E-state index contributed by atoms with van der Waals surface area (Å²) in [7, 11) is 0. The van der Waals surface area contributed by atoms with Gasteiger partial charge in [0.15, 0.2) is 0 Å². The van der Waals surface area contributed by atoms with Crippen molar-refractivity contribution in [3.8, 4) is 5.75 Å². The number of hydrogen-bond donors (Lipinski definition) is 1. The molecule has 1 aromatic carbocycles. The number of benzene rings is 1. The number of aromatic nitrogens is 2. The minimum atomic E-state index is -0.293. The van der Waals surface area contributed by atoms with Gasteiger partial charge in [-0.1, -0.05) is 0 Å². The second kappa shape index (κ2) is 8.69. The summed E-state index contributed by atoms with van der Waals surface area (Å²) in [4.78, 5) is 36.8. The van der Waals surface area contributed by atoms with Crippen LogP contribution in [-0.2, 0) is 4.79 Å². The average Bonchev–Trinajstić information content (AvgIpc) is 2.69. The number of anilines is 2. The zero-order valence-electron chi connectivity index (χ0n) is 16.4. The van der Waals surface area contributed by atoms with Crippen LogP contribution >= 0.6 is 0 Å². The van der Waals surface area contributed by atoms with Crippen LogP contribution in [-0.4, -0.2) is 59.5 Å². The van der Waals surface area contributed by atoms with E-state index in [1.165, 1.54) is 0 Å². The molecule has 1 aliphatic rings. The molecule has 2 heterocycles. The molecule has 0 saturated carbocycles. The largest absolute Gasteiger partial charge is 0.494 e. The molecule has 1 N–H and O–H groups in total. The van der Waals surface area contributed by atoms with E-state index < -0.39 is 0 Å². The Balaban J connectivity index is 1.70. The summed E-state index contributed by atoms with van der Waals surface area (Å²) in [6.07, 6.45) is 0. The van der Waals surface area contributed by atoms with Crippen LogP contribution in [0.4, 0.5) is 11.5 Å². The van der Waals surface area contributed by atoms with Crippen molar-refractivity contribution in [1.29, 1.82) is 0 Å². The third-order valence-electron chi connectivity index (χ3n) is 4.53. The first kappa shape index (κ1) is 19.6. The third kappa shape index (κ3) is 4.76. The highest BCUT2D eigenvalue weighted by Gasteiger charge is 2.21. The number of carbonyl (C=O) groups is 2. The number of rotatable bonds is 5. The van der Waals surface area contributed by atoms with Gasteiger partial charge in [-0.15, -0.1) is 0 Å². The fraction of sp³-hybridized carbons (Fsp3) is 0.400. The zero-order chi connectivity index (χ0) is 20.1. The summed E-state index contributed by atoms with van der Waals surface area (Å²) < 4.78 is 5.41. The lowest BCUT2D eigenvalue weighted by molar-refractivity contribution is -0.129. The molecular weight excluding hydrogens is 358 g/mol. The van der Waals surface area contributed by atoms with Crippen molar-refractivity contribution in [2.75, 3.05) is 43.0 Å². The molecule has 28 heavy (non-hydrogen) atoms. The minimum absolute atomic E-state index is 0.0777. The Morgan fingerprint density at radius 2 is 1.79 bits per heavy atom. The van der Waals surface area contributed by atoms with Crippen LogP contribution in [0, 0.1) is 6.92 Å². The predicted octanol–water partition coefficient (Wildman–Crippen LogP) is 2.10. The predicted molar refractivity (Wildman–Crippen MR) is 107 cm³/mol. The molecule has 8 heteroatoms. The van der Waals surface area contributed by atoms with E-state index in [1.807, 2.05) is 24.0 Å². The van der Waals surface area contributed by atoms with E-state index in [0.29, 0.717) is 55.8 Å². The van der Waals surface area contributed by atoms with Crippen molar-refractivity contribution in [2.45, 2.75) is 20.8 Å². The van der Waals surface area contributed by atoms with Gasteiger partial charge >= 0.3 is 0 Å². The van der Waals surface area contributed by atoms with Crippen LogP contribution in [0.1, 0.15) is 30.2 Å². The molecule has 0 atom stereocenters. The van der Waals surface area contributed by atoms with Crippen molar-refractivity contribution in [3.63, 3.8) is 0 Å². The van der Waals surface area contributed by atoms with Crippen molar-refractivity contribution in [3.05, 3.63) is 41.9 Å². The van der Waals surface area contributed by atoms with Gasteiger partial charge in [0.2, 0.25) is 5.91 Å². The Labute approximate surface area is 164 Å². The number of amides is 2. The molecule has 0 spiro atoms. The lowest BCUT2D eigenvalue weighted by atomic mass is 10.2. The van der Waals surface area contributed by atoms with Gasteiger partial charge in [-0.2, -0.15) is 0 Å². The number of carbonyl (C=O) groups excluding carboxylic acids is 2. The molecule has 2 amide bonds. The fourth-order valence-corrected chi connectivity index (χ4v) is 3.08. The van der Waals surface area contributed by atoms with Crippen molar-refractivity contribution in [2.24, 2.45) is 0 Å². The molecule has 0 radical (unpaired) electrons. The minimum Gasteiger partial charge on any atom is -0.494 e. The molecule has 1 aliphatic heterocycles. The topological polar surface area (TPSA) is 87.7 Å². The van der Waals surface area contributed by atoms with E-state index in [0.717, 1.165) is 5.75 Å². The SMILES string of the molecule is CCOc1ccc(NC(=O)c2cc(N3CCN(C(C)=O)CC3)nc(C)n2)cc1. The molecule has 0 unspecified atom stereocenters. The van der Waals surface area contributed by atoms with Gasteiger partial charge in [0.05, 0.1) is 6.61 Å². The summed E-state index contributed by atoms with van der Waals surface area (Å²) in [5.41, 5.74) is 0.978. The smallest absolute Gasteiger partial charge is 0.274 e. The molecule has 0 aliphatic carbocycles. The van der Waals surface area contributed by atoms with Gasteiger partial charge < -0.3 is 19.9 Å².